The van der Waals surface area contributed by atoms with Crippen LogP contribution in [0.1, 0.15) is 0 Å². The van der Waals surface area contributed by atoms with Gasteiger partial charge in [-0.3, -0.25) is 0 Å². The molecule has 0 bridgehead atoms. The molecular formula is C8H12N2O3. The number of ether oxygens (including phenoxy) is 1. The SMILES string of the molecule is C#CC1CN(C)C(=O)N1OCOC. The maximum atomic E-state index is 11.4. The van der Waals surface area contributed by atoms with Gasteiger partial charge in [0.1, 0.15) is 6.04 Å². The number of hydrogen-bond donors (Lipinski definition) is 0. The van der Waals surface area contributed by atoms with Gasteiger partial charge in [0.15, 0.2) is 6.79 Å². The van der Waals surface area contributed by atoms with Crippen molar-refractivity contribution in [1.29, 1.82) is 0 Å². The highest BCUT2D eigenvalue weighted by Gasteiger charge is 2.35. The number of terminal acetylenes is 1. The Bertz CT molecular complexity index is 236. The predicted octanol–water partition coefficient (Wildman–Crippen LogP) is -0.109. The molecule has 2 amide bonds. The van der Waals surface area contributed by atoms with E-state index in [-0.39, 0.29) is 18.9 Å². The lowest BCUT2D eigenvalue weighted by molar-refractivity contribution is -0.186. The lowest BCUT2D eigenvalue weighted by Crippen LogP contribution is -2.34. The second-order valence-corrected chi connectivity index (χ2v) is 2.71. The topological polar surface area (TPSA) is 42.0 Å². The molecule has 13 heavy (non-hydrogen) atoms. The summed E-state index contributed by atoms with van der Waals surface area (Å²) in [7, 11) is 3.15. The van der Waals surface area contributed by atoms with E-state index in [0.717, 1.165) is 5.06 Å². The van der Waals surface area contributed by atoms with Crippen molar-refractivity contribution in [3.05, 3.63) is 0 Å². The fourth-order valence-electron chi connectivity index (χ4n) is 1.09. The molecule has 1 rings (SSSR count). The first-order chi connectivity index (χ1) is 6.20. The molecule has 72 valence electrons. The van der Waals surface area contributed by atoms with Gasteiger partial charge in [0, 0.05) is 14.2 Å². The first kappa shape index (κ1) is 9.84. The second kappa shape index (κ2) is 4.12. The number of rotatable bonds is 3. The molecular weight excluding hydrogens is 172 g/mol. The average Bonchev–Trinajstić information content (AvgIpc) is 2.40. The number of methoxy groups -OCH3 is 1. The quantitative estimate of drug-likeness (QED) is 0.454. The van der Waals surface area contributed by atoms with E-state index in [1.807, 2.05) is 0 Å². The van der Waals surface area contributed by atoms with Crippen LogP contribution in [0.2, 0.25) is 0 Å². The maximum Gasteiger partial charge on any atom is 0.345 e. The van der Waals surface area contributed by atoms with Crippen LogP contribution < -0.4 is 0 Å². The molecule has 0 aromatic rings. The Morgan fingerprint density at radius 1 is 1.77 bits per heavy atom. The molecule has 1 aliphatic rings. The molecule has 1 heterocycles. The lowest BCUT2D eigenvalue weighted by Gasteiger charge is -2.17. The standard InChI is InChI=1S/C8H12N2O3/c1-4-7-5-9(2)8(11)10(7)13-6-12-3/h1,7H,5-6H2,2-3H3. The number of hydroxylamine groups is 2. The first-order valence-corrected chi connectivity index (χ1v) is 3.83. The van der Waals surface area contributed by atoms with Crippen molar-refractivity contribution in [2.45, 2.75) is 6.04 Å². The van der Waals surface area contributed by atoms with Crippen molar-refractivity contribution in [1.82, 2.24) is 9.96 Å². The molecule has 0 aliphatic carbocycles. The number of urea groups is 1. The van der Waals surface area contributed by atoms with Crippen LogP contribution in [-0.4, -0.2) is 49.5 Å². The van der Waals surface area contributed by atoms with E-state index in [4.69, 9.17) is 11.3 Å². The van der Waals surface area contributed by atoms with Crippen LogP contribution >= 0.6 is 0 Å². The molecule has 1 fully saturated rings. The van der Waals surface area contributed by atoms with E-state index >= 15 is 0 Å². The number of amides is 2. The van der Waals surface area contributed by atoms with Crippen LogP contribution in [0, 0.1) is 12.3 Å². The number of hydrogen-bond acceptors (Lipinski definition) is 3. The summed E-state index contributed by atoms with van der Waals surface area (Å²) in [5.41, 5.74) is 0. The summed E-state index contributed by atoms with van der Waals surface area (Å²) in [6, 6.07) is -0.562. The normalized spacial score (nSPS) is 22.2. The van der Waals surface area contributed by atoms with E-state index in [0.29, 0.717) is 6.54 Å². The fraction of sp³-hybridized carbons (Fsp3) is 0.625. The van der Waals surface area contributed by atoms with Gasteiger partial charge in [0.2, 0.25) is 0 Å². The molecule has 0 radical (unpaired) electrons. The van der Waals surface area contributed by atoms with E-state index in [2.05, 4.69) is 10.7 Å². The molecule has 5 heteroatoms. The van der Waals surface area contributed by atoms with Crippen molar-refractivity contribution in [3.8, 4) is 12.3 Å². The van der Waals surface area contributed by atoms with Gasteiger partial charge in [-0.2, -0.15) is 5.06 Å². The predicted molar refractivity (Wildman–Crippen MR) is 45.4 cm³/mol. The number of carbonyl (C=O) groups is 1. The summed E-state index contributed by atoms with van der Waals surface area (Å²) in [4.78, 5) is 17.9. The molecule has 0 spiro atoms. The Morgan fingerprint density at radius 2 is 2.46 bits per heavy atom. The van der Waals surface area contributed by atoms with Crippen LogP contribution in [0.25, 0.3) is 0 Å². The van der Waals surface area contributed by atoms with Gasteiger partial charge >= 0.3 is 6.03 Å². The lowest BCUT2D eigenvalue weighted by atomic mass is 10.3. The van der Waals surface area contributed by atoms with Crippen molar-refractivity contribution in [3.63, 3.8) is 0 Å². The zero-order valence-electron chi connectivity index (χ0n) is 7.69. The molecule has 1 unspecified atom stereocenters. The first-order valence-electron chi connectivity index (χ1n) is 3.83. The summed E-state index contributed by atoms with van der Waals surface area (Å²) >= 11 is 0. The molecule has 0 saturated carbocycles. The molecule has 1 atom stereocenters. The van der Waals surface area contributed by atoms with Crippen LogP contribution in [0.3, 0.4) is 0 Å². The summed E-state index contributed by atoms with van der Waals surface area (Å²) in [5.74, 6) is 2.47. The fourth-order valence-corrected chi connectivity index (χ4v) is 1.09. The van der Waals surface area contributed by atoms with Gasteiger partial charge in [-0.1, -0.05) is 5.92 Å². The largest absolute Gasteiger partial charge is 0.356 e. The minimum Gasteiger partial charge on any atom is -0.356 e. The van der Waals surface area contributed by atoms with Crippen LogP contribution in [-0.2, 0) is 9.57 Å². The maximum absolute atomic E-state index is 11.4. The third kappa shape index (κ3) is 1.91. The third-order valence-corrected chi connectivity index (χ3v) is 1.75. The monoisotopic (exact) mass is 184 g/mol. The van der Waals surface area contributed by atoms with Gasteiger partial charge in [-0.25, -0.2) is 9.63 Å². The van der Waals surface area contributed by atoms with Crippen molar-refractivity contribution >= 4 is 6.03 Å². The summed E-state index contributed by atoms with van der Waals surface area (Å²) < 4.78 is 4.68. The van der Waals surface area contributed by atoms with Gasteiger partial charge < -0.3 is 9.64 Å². The Hall–Kier alpha value is -1.25. The molecule has 0 aromatic carbocycles. The molecule has 1 aliphatic heterocycles. The van der Waals surface area contributed by atoms with Crippen LogP contribution in [0.15, 0.2) is 0 Å². The number of carbonyl (C=O) groups excluding carboxylic acids is 1. The third-order valence-electron chi connectivity index (χ3n) is 1.75. The zero-order valence-corrected chi connectivity index (χ0v) is 7.69. The number of nitrogens with zero attached hydrogens (tertiary/aromatic N) is 2. The summed E-state index contributed by atoms with van der Waals surface area (Å²) in [6.07, 6.45) is 5.23. The van der Waals surface area contributed by atoms with Crippen molar-refractivity contribution in [2.24, 2.45) is 0 Å². The van der Waals surface area contributed by atoms with E-state index in [9.17, 15) is 4.79 Å². The van der Waals surface area contributed by atoms with Crippen LogP contribution in [0.5, 0.6) is 0 Å². The van der Waals surface area contributed by atoms with E-state index in [1.54, 1.807) is 7.05 Å². The summed E-state index contributed by atoms with van der Waals surface area (Å²) in [6.45, 7) is 0.511. The van der Waals surface area contributed by atoms with Gasteiger partial charge in [-0.05, 0) is 0 Å². The Labute approximate surface area is 77.1 Å². The minimum atomic E-state index is -0.326. The molecule has 5 nitrogen and oxygen atoms in total. The Kier molecular flexibility index (Phi) is 3.12. The zero-order chi connectivity index (χ0) is 9.84. The highest BCUT2D eigenvalue weighted by Crippen LogP contribution is 2.13. The Balaban J connectivity index is 2.58. The Morgan fingerprint density at radius 3 is 3.00 bits per heavy atom. The highest BCUT2D eigenvalue weighted by atomic mass is 16.8. The molecule has 0 N–H and O–H groups in total. The molecule has 0 aromatic heterocycles. The van der Waals surface area contributed by atoms with Gasteiger partial charge in [0.05, 0.1) is 6.54 Å². The molecule has 1 saturated heterocycles. The number of likely N-dealkylation sites (N-methyl/N-ethyl adjacent to an activating group) is 1. The van der Waals surface area contributed by atoms with Crippen molar-refractivity contribution in [2.75, 3.05) is 27.5 Å². The van der Waals surface area contributed by atoms with E-state index in [1.165, 1.54) is 12.0 Å². The van der Waals surface area contributed by atoms with Gasteiger partial charge in [-0.15, -0.1) is 6.42 Å². The van der Waals surface area contributed by atoms with Gasteiger partial charge in [0.25, 0.3) is 0 Å². The minimum absolute atomic E-state index is 0.0256. The van der Waals surface area contributed by atoms with E-state index < -0.39 is 0 Å². The highest BCUT2D eigenvalue weighted by molar-refractivity contribution is 5.76. The van der Waals surface area contributed by atoms with Crippen LogP contribution in [0.4, 0.5) is 4.79 Å². The second-order valence-electron chi connectivity index (χ2n) is 2.71. The smallest absolute Gasteiger partial charge is 0.345 e. The summed E-state index contributed by atoms with van der Waals surface area (Å²) in [5, 5.41) is 1.16. The van der Waals surface area contributed by atoms with Crippen molar-refractivity contribution < 1.29 is 14.4 Å². The average molecular weight is 184 g/mol.